The van der Waals surface area contributed by atoms with E-state index in [-0.39, 0.29) is 24.2 Å². The Morgan fingerprint density at radius 1 is 1.12 bits per heavy atom. The first-order valence-electron chi connectivity index (χ1n) is 8.57. The second kappa shape index (κ2) is 8.09. The lowest BCUT2D eigenvalue weighted by Crippen LogP contribution is -2.58. The maximum Gasteiger partial charge on any atom is 0.323 e. The predicted molar refractivity (Wildman–Crippen MR) is 89.7 cm³/mol. The van der Waals surface area contributed by atoms with Crippen molar-refractivity contribution in [3.63, 3.8) is 0 Å². The van der Waals surface area contributed by atoms with Gasteiger partial charge in [-0.05, 0) is 27.7 Å². The molecule has 2 heterocycles. The van der Waals surface area contributed by atoms with E-state index in [0.717, 1.165) is 0 Å². The molecule has 0 aliphatic carbocycles. The number of esters is 1. The highest BCUT2D eigenvalue weighted by atomic mass is 32.2. The van der Waals surface area contributed by atoms with Gasteiger partial charge in [0.15, 0.2) is 0 Å². The van der Waals surface area contributed by atoms with Crippen molar-refractivity contribution >= 4 is 16.2 Å². The van der Waals surface area contributed by atoms with Crippen LogP contribution in [0.3, 0.4) is 0 Å². The zero-order valence-corrected chi connectivity index (χ0v) is 15.8. The molecule has 2 rings (SSSR count). The topological polar surface area (TPSA) is 79.4 Å². The number of ether oxygens (including phenoxy) is 2. The second-order valence-electron chi connectivity index (χ2n) is 6.45. The SMILES string of the molecule is CCOC(=O)[C@H](C)N1CCN(S(=O)(=O)N2C[C@H](C)O[C@@H](C)C2)CC1. The molecule has 0 aromatic heterocycles. The van der Waals surface area contributed by atoms with E-state index in [1.165, 1.54) is 8.61 Å². The van der Waals surface area contributed by atoms with Gasteiger partial charge < -0.3 is 9.47 Å². The Bertz CT molecular complexity index is 523. The Hall–Kier alpha value is -0.740. The summed E-state index contributed by atoms with van der Waals surface area (Å²) in [5.74, 6) is -0.260. The molecule has 0 N–H and O–H groups in total. The van der Waals surface area contributed by atoms with E-state index in [4.69, 9.17) is 9.47 Å². The van der Waals surface area contributed by atoms with E-state index in [2.05, 4.69) is 0 Å². The highest BCUT2D eigenvalue weighted by molar-refractivity contribution is 7.86. The molecule has 24 heavy (non-hydrogen) atoms. The molecule has 0 bridgehead atoms. The van der Waals surface area contributed by atoms with Gasteiger partial charge in [0.1, 0.15) is 6.04 Å². The normalized spacial score (nSPS) is 29.3. The summed E-state index contributed by atoms with van der Waals surface area (Å²) in [6.07, 6.45) is -0.206. The third-order valence-corrected chi connectivity index (χ3v) is 6.46. The molecule has 2 saturated heterocycles. The highest BCUT2D eigenvalue weighted by Gasteiger charge is 2.37. The molecule has 140 valence electrons. The van der Waals surface area contributed by atoms with Crippen molar-refractivity contribution in [2.75, 3.05) is 45.9 Å². The molecule has 0 aromatic carbocycles. The van der Waals surface area contributed by atoms with Crippen molar-refractivity contribution in [1.29, 1.82) is 0 Å². The number of carbonyl (C=O) groups excluding carboxylic acids is 1. The monoisotopic (exact) mass is 363 g/mol. The Kier molecular flexibility index (Phi) is 6.60. The predicted octanol–water partition coefficient (Wildman–Crippen LogP) is -0.0904. The van der Waals surface area contributed by atoms with E-state index in [9.17, 15) is 13.2 Å². The van der Waals surface area contributed by atoms with Gasteiger partial charge in [-0.15, -0.1) is 0 Å². The fourth-order valence-corrected chi connectivity index (χ4v) is 4.96. The Morgan fingerprint density at radius 2 is 1.67 bits per heavy atom. The van der Waals surface area contributed by atoms with Gasteiger partial charge in [-0.2, -0.15) is 17.0 Å². The standard InChI is InChI=1S/C15H29N3O5S/c1-5-22-15(19)14(4)16-6-8-17(9-7-16)24(20,21)18-10-12(2)23-13(3)11-18/h12-14H,5-11H2,1-4H3/t12-,13-,14-/m0/s1. The van der Waals surface area contributed by atoms with Gasteiger partial charge in [0.05, 0.1) is 18.8 Å². The molecule has 0 saturated carbocycles. The molecule has 0 unspecified atom stereocenters. The molecular formula is C15H29N3O5S. The summed E-state index contributed by atoms with van der Waals surface area (Å²) in [5, 5.41) is 0. The van der Waals surface area contributed by atoms with E-state index < -0.39 is 10.2 Å². The maximum atomic E-state index is 12.8. The summed E-state index contributed by atoms with van der Waals surface area (Å²) < 4.78 is 39.3. The first-order chi connectivity index (χ1) is 11.3. The minimum absolute atomic E-state index is 0.103. The number of morpholine rings is 1. The number of hydrogen-bond acceptors (Lipinski definition) is 6. The van der Waals surface area contributed by atoms with Gasteiger partial charge >= 0.3 is 5.97 Å². The molecule has 9 heteroatoms. The summed E-state index contributed by atoms with van der Waals surface area (Å²) >= 11 is 0. The number of nitrogens with zero attached hydrogens (tertiary/aromatic N) is 3. The van der Waals surface area contributed by atoms with E-state index in [1.54, 1.807) is 13.8 Å². The molecule has 2 aliphatic rings. The van der Waals surface area contributed by atoms with E-state index in [0.29, 0.717) is 45.9 Å². The molecular weight excluding hydrogens is 334 g/mol. The summed E-state index contributed by atoms with van der Waals surface area (Å²) in [7, 11) is -3.49. The largest absolute Gasteiger partial charge is 0.465 e. The maximum absolute atomic E-state index is 12.8. The van der Waals surface area contributed by atoms with Gasteiger partial charge in [0, 0.05) is 39.3 Å². The fourth-order valence-electron chi connectivity index (χ4n) is 3.22. The Labute approximate surface area is 144 Å². The zero-order chi connectivity index (χ0) is 17.9. The van der Waals surface area contributed by atoms with Crippen LogP contribution in [0, 0.1) is 0 Å². The smallest absolute Gasteiger partial charge is 0.323 e. The Morgan fingerprint density at radius 3 is 2.17 bits per heavy atom. The van der Waals surface area contributed by atoms with E-state index in [1.807, 2.05) is 18.7 Å². The molecule has 0 spiro atoms. The summed E-state index contributed by atoms with van der Waals surface area (Å²) in [5.41, 5.74) is 0. The van der Waals surface area contributed by atoms with Crippen LogP contribution in [0.25, 0.3) is 0 Å². The van der Waals surface area contributed by atoms with Crippen molar-refractivity contribution in [3.05, 3.63) is 0 Å². The van der Waals surface area contributed by atoms with Crippen molar-refractivity contribution in [2.24, 2.45) is 0 Å². The van der Waals surface area contributed by atoms with Crippen LogP contribution in [0.5, 0.6) is 0 Å². The van der Waals surface area contributed by atoms with Crippen LogP contribution in [0.4, 0.5) is 0 Å². The lowest BCUT2D eigenvalue weighted by atomic mass is 10.2. The highest BCUT2D eigenvalue weighted by Crippen LogP contribution is 2.19. The van der Waals surface area contributed by atoms with Crippen molar-refractivity contribution < 1.29 is 22.7 Å². The number of hydrogen-bond donors (Lipinski definition) is 0. The lowest BCUT2D eigenvalue weighted by molar-refractivity contribution is -0.149. The van der Waals surface area contributed by atoms with Gasteiger partial charge in [-0.1, -0.05) is 0 Å². The lowest BCUT2D eigenvalue weighted by Gasteiger charge is -2.41. The minimum atomic E-state index is -3.49. The number of carbonyl (C=O) groups is 1. The average molecular weight is 363 g/mol. The first-order valence-corrected chi connectivity index (χ1v) is 9.96. The van der Waals surface area contributed by atoms with Crippen LogP contribution < -0.4 is 0 Å². The second-order valence-corrected chi connectivity index (χ2v) is 8.37. The third-order valence-electron chi connectivity index (χ3n) is 4.49. The molecule has 3 atom stereocenters. The number of rotatable bonds is 5. The molecule has 8 nitrogen and oxygen atoms in total. The van der Waals surface area contributed by atoms with Gasteiger partial charge in [-0.3, -0.25) is 9.69 Å². The van der Waals surface area contributed by atoms with E-state index >= 15 is 0 Å². The van der Waals surface area contributed by atoms with Crippen LogP contribution in [-0.2, 0) is 24.5 Å². The van der Waals surface area contributed by atoms with Crippen molar-refractivity contribution in [3.8, 4) is 0 Å². The molecule has 2 fully saturated rings. The molecule has 2 aliphatic heterocycles. The number of piperazine rings is 1. The molecule has 0 aromatic rings. The quantitative estimate of drug-likeness (QED) is 0.635. The Balaban J connectivity index is 1.94. The summed E-state index contributed by atoms with van der Waals surface area (Å²) in [6, 6.07) is -0.349. The fraction of sp³-hybridized carbons (Fsp3) is 0.933. The average Bonchev–Trinajstić information content (AvgIpc) is 2.53. The van der Waals surface area contributed by atoms with Crippen molar-refractivity contribution in [2.45, 2.75) is 45.9 Å². The van der Waals surface area contributed by atoms with Gasteiger partial charge in [0.2, 0.25) is 0 Å². The minimum Gasteiger partial charge on any atom is -0.465 e. The van der Waals surface area contributed by atoms with Crippen LogP contribution in [0.1, 0.15) is 27.7 Å². The van der Waals surface area contributed by atoms with Gasteiger partial charge in [0.25, 0.3) is 10.2 Å². The van der Waals surface area contributed by atoms with Gasteiger partial charge in [-0.25, -0.2) is 0 Å². The van der Waals surface area contributed by atoms with Crippen LogP contribution in [-0.4, -0.2) is 92.0 Å². The van der Waals surface area contributed by atoms with Crippen molar-refractivity contribution in [1.82, 2.24) is 13.5 Å². The van der Waals surface area contributed by atoms with Crippen LogP contribution >= 0.6 is 0 Å². The summed E-state index contributed by atoms with van der Waals surface area (Å²) in [6.45, 7) is 10.3. The first kappa shape index (κ1) is 19.6. The van der Waals surface area contributed by atoms with Crippen LogP contribution in [0.15, 0.2) is 0 Å². The molecule has 0 radical (unpaired) electrons. The van der Waals surface area contributed by atoms with Crippen LogP contribution in [0.2, 0.25) is 0 Å². The summed E-state index contributed by atoms with van der Waals surface area (Å²) in [4.78, 5) is 13.8. The third kappa shape index (κ3) is 4.45. The zero-order valence-electron chi connectivity index (χ0n) is 15.0. The molecule has 0 amide bonds.